The lowest BCUT2D eigenvalue weighted by atomic mass is 10.1. The van der Waals surface area contributed by atoms with Crippen molar-refractivity contribution in [3.8, 4) is 5.75 Å². The van der Waals surface area contributed by atoms with E-state index < -0.39 is 0 Å². The summed E-state index contributed by atoms with van der Waals surface area (Å²) >= 11 is 0. The quantitative estimate of drug-likeness (QED) is 0.721. The van der Waals surface area contributed by atoms with E-state index in [-0.39, 0.29) is 5.82 Å². The predicted molar refractivity (Wildman–Crippen MR) is 68.3 cm³/mol. The van der Waals surface area contributed by atoms with E-state index in [1.165, 1.54) is 12.1 Å². The van der Waals surface area contributed by atoms with E-state index in [2.05, 4.69) is 0 Å². The topological polar surface area (TPSA) is 9.23 Å². The summed E-state index contributed by atoms with van der Waals surface area (Å²) in [6.07, 6.45) is 3.82. The molecule has 0 heterocycles. The van der Waals surface area contributed by atoms with Gasteiger partial charge in [0.1, 0.15) is 11.6 Å². The van der Waals surface area contributed by atoms with E-state index in [9.17, 15) is 4.39 Å². The number of methoxy groups -OCH3 is 1. The minimum absolute atomic E-state index is 0.220. The van der Waals surface area contributed by atoms with Crippen LogP contribution in [0.25, 0.3) is 12.2 Å². The second kappa shape index (κ2) is 5.30. The second-order valence-electron chi connectivity index (χ2n) is 3.66. The van der Waals surface area contributed by atoms with Crippen LogP contribution < -0.4 is 4.74 Å². The van der Waals surface area contributed by atoms with Crippen LogP contribution in [0.2, 0.25) is 0 Å². The molecule has 0 bridgehead atoms. The third kappa shape index (κ3) is 3.18. The summed E-state index contributed by atoms with van der Waals surface area (Å²) in [6, 6.07) is 14.2. The lowest BCUT2D eigenvalue weighted by Gasteiger charge is -1.99. The van der Waals surface area contributed by atoms with Gasteiger partial charge in [0.05, 0.1) is 7.11 Å². The van der Waals surface area contributed by atoms with Gasteiger partial charge in [0.15, 0.2) is 0 Å². The molecule has 2 rings (SSSR count). The Morgan fingerprint density at radius 3 is 2.29 bits per heavy atom. The summed E-state index contributed by atoms with van der Waals surface area (Å²) in [5.41, 5.74) is 1.90. The lowest BCUT2D eigenvalue weighted by molar-refractivity contribution is 0.415. The van der Waals surface area contributed by atoms with Crippen molar-refractivity contribution in [3.63, 3.8) is 0 Å². The van der Waals surface area contributed by atoms with Gasteiger partial charge in [-0.05, 0) is 35.4 Å². The summed E-state index contributed by atoms with van der Waals surface area (Å²) in [6.45, 7) is 0. The zero-order valence-corrected chi connectivity index (χ0v) is 9.56. The van der Waals surface area contributed by atoms with Crippen LogP contribution >= 0.6 is 0 Å². The zero-order chi connectivity index (χ0) is 12.1. The first-order valence-electron chi connectivity index (χ1n) is 5.35. The van der Waals surface area contributed by atoms with Crippen LogP contribution in [0.4, 0.5) is 4.39 Å². The van der Waals surface area contributed by atoms with Crippen molar-refractivity contribution in [2.24, 2.45) is 0 Å². The highest BCUT2D eigenvalue weighted by molar-refractivity contribution is 5.69. The van der Waals surface area contributed by atoms with Crippen molar-refractivity contribution < 1.29 is 9.13 Å². The average Bonchev–Trinajstić information content (AvgIpc) is 2.37. The van der Waals surface area contributed by atoms with Gasteiger partial charge in [-0.3, -0.25) is 0 Å². The molecular weight excluding hydrogens is 215 g/mol. The Balaban J connectivity index is 2.14. The molecular formula is C15H13FO. The zero-order valence-electron chi connectivity index (χ0n) is 9.56. The van der Waals surface area contributed by atoms with Crippen LogP contribution in [0, 0.1) is 5.82 Å². The summed E-state index contributed by atoms with van der Waals surface area (Å²) < 4.78 is 18.0. The van der Waals surface area contributed by atoms with Crippen molar-refractivity contribution in [2.75, 3.05) is 7.11 Å². The monoisotopic (exact) mass is 228 g/mol. The van der Waals surface area contributed by atoms with Crippen LogP contribution in [0.1, 0.15) is 11.1 Å². The number of hydrogen-bond acceptors (Lipinski definition) is 1. The molecule has 0 spiro atoms. The molecule has 0 saturated heterocycles. The molecule has 0 radical (unpaired) electrons. The standard InChI is InChI=1S/C15H13FO/c1-17-15-9-7-12(8-10-15)5-6-13-3-2-4-14(16)11-13/h2-11H,1H3/b6-5-. The van der Waals surface area contributed by atoms with Crippen LogP contribution in [0.5, 0.6) is 5.75 Å². The number of halogens is 1. The first kappa shape index (κ1) is 11.4. The van der Waals surface area contributed by atoms with Gasteiger partial charge in [-0.15, -0.1) is 0 Å². The fourth-order valence-corrected chi connectivity index (χ4v) is 1.52. The van der Waals surface area contributed by atoms with E-state index in [0.717, 1.165) is 16.9 Å². The van der Waals surface area contributed by atoms with Gasteiger partial charge in [-0.25, -0.2) is 4.39 Å². The van der Waals surface area contributed by atoms with Crippen molar-refractivity contribution >= 4 is 12.2 Å². The summed E-state index contributed by atoms with van der Waals surface area (Å²) in [5.74, 6) is 0.606. The number of ether oxygens (including phenoxy) is 1. The van der Waals surface area contributed by atoms with Crippen molar-refractivity contribution in [3.05, 3.63) is 65.5 Å². The van der Waals surface area contributed by atoms with Gasteiger partial charge in [0, 0.05) is 0 Å². The molecule has 2 aromatic rings. The Bertz CT molecular complexity index is 515. The summed E-state index contributed by atoms with van der Waals surface area (Å²) in [5, 5.41) is 0. The molecule has 0 aromatic heterocycles. The number of benzene rings is 2. The van der Waals surface area contributed by atoms with Crippen LogP contribution in [0.3, 0.4) is 0 Å². The van der Waals surface area contributed by atoms with Crippen LogP contribution in [-0.2, 0) is 0 Å². The highest BCUT2D eigenvalue weighted by Gasteiger charge is 1.92. The van der Waals surface area contributed by atoms with E-state index in [1.807, 2.05) is 42.5 Å². The largest absolute Gasteiger partial charge is 0.497 e. The molecule has 17 heavy (non-hydrogen) atoms. The molecule has 2 heteroatoms. The number of rotatable bonds is 3. The van der Waals surface area contributed by atoms with Gasteiger partial charge in [-0.2, -0.15) is 0 Å². The Kier molecular flexibility index (Phi) is 3.55. The summed E-state index contributed by atoms with van der Waals surface area (Å²) in [4.78, 5) is 0. The normalized spacial score (nSPS) is 10.7. The van der Waals surface area contributed by atoms with E-state index in [4.69, 9.17) is 4.74 Å². The Morgan fingerprint density at radius 2 is 1.65 bits per heavy atom. The molecule has 86 valence electrons. The van der Waals surface area contributed by atoms with Gasteiger partial charge in [0.25, 0.3) is 0 Å². The minimum atomic E-state index is -0.220. The smallest absolute Gasteiger partial charge is 0.123 e. The average molecular weight is 228 g/mol. The Labute approximate surface area is 100 Å². The van der Waals surface area contributed by atoms with Gasteiger partial charge in [0.2, 0.25) is 0 Å². The first-order valence-corrected chi connectivity index (χ1v) is 5.35. The molecule has 0 saturated carbocycles. The number of hydrogen-bond donors (Lipinski definition) is 0. The van der Waals surface area contributed by atoms with Gasteiger partial charge < -0.3 is 4.74 Å². The highest BCUT2D eigenvalue weighted by atomic mass is 19.1. The van der Waals surface area contributed by atoms with E-state index >= 15 is 0 Å². The molecule has 1 nitrogen and oxygen atoms in total. The Hall–Kier alpha value is -2.09. The fraction of sp³-hybridized carbons (Fsp3) is 0.0667. The summed E-state index contributed by atoms with van der Waals surface area (Å²) in [7, 11) is 1.64. The molecule has 0 N–H and O–H groups in total. The minimum Gasteiger partial charge on any atom is -0.497 e. The fourth-order valence-electron chi connectivity index (χ4n) is 1.52. The maximum Gasteiger partial charge on any atom is 0.123 e. The highest BCUT2D eigenvalue weighted by Crippen LogP contribution is 2.14. The molecule has 0 atom stereocenters. The first-order chi connectivity index (χ1) is 8.28. The molecule has 2 aromatic carbocycles. The van der Waals surface area contributed by atoms with Gasteiger partial charge >= 0.3 is 0 Å². The predicted octanol–water partition coefficient (Wildman–Crippen LogP) is 4.00. The Morgan fingerprint density at radius 1 is 0.941 bits per heavy atom. The molecule has 0 aliphatic carbocycles. The van der Waals surface area contributed by atoms with Crippen molar-refractivity contribution in [1.29, 1.82) is 0 Å². The van der Waals surface area contributed by atoms with Crippen LogP contribution in [0.15, 0.2) is 48.5 Å². The molecule has 0 aliphatic rings. The molecule has 0 aliphatic heterocycles. The lowest BCUT2D eigenvalue weighted by Crippen LogP contribution is -1.81. The van der Waals surface area contributed by atoms with Gasteiger partial charge in [-0.1, -0.05) is 36.4 Å². The third-order valence-corrected chi connectivity index (χ3v) is 2.43. The van der Waals surface area contributed by atoms with Crippen LogP contribution in [-0.4, -0.2) is 7.11 Å². The van der Waals surface area contributed by atoms with E-state index in [0.29, 0.717) is 0 Å². The second-order valence-corrected chi connectivity index (χ2v) is 3.66. The van der Waals surface area contributed by atoms with Crippen molar-refractivity contribution in [1.82, 2.24) is 0 Å². The SMILES string of the molecule is COc1ccc(/C=C\c2cccc(F)c2)cc1. The maximum absolute atomic E-state index is 12.9. The van der Waals surface area contributed by atoms with E-state index in [1.54, 1.807) is 13.2 Å². The maximum atomic E-state index is 12.9. The molecule has 0 unspecified atom stereocenters. The van der Waals surface area contributed by atoms with Crippen molar-refractivity contribution in [2.45, 2.75) is 0 Å². The molecule has 0 fully saturated rings. The molecule has 0 amide bonds. The third-order valence-electron chi connectivity index (χ3n) is 2.43.